The van der Waals surface area contributed by atoms with E-state index in [0.29, 0.717) is 16.6 Å². The fourth-order valence-electron chi connectivity index (χ4n) is 1.21. The van der Waals surface area contributed by atoms with Crippen molar-refractivity contribution in [3.05, 3.63) is 30.1 Å². The zero-order valence-corrected chi connectivity index (χ0v) is 9.12. The minimum Gasteiger partial charge on any atom is -0.428 e. The molecule has 0 bridgehead atoms. The Balaban J connectivity index is 2.22. The Morgan fingerprint density at radius 2 is 2.33 bits per heavy atom. The van der Waals surface area contributed by atoms with Crippen molar-refractivity contribution in [2.75, 3.05) is 5.73 Å². The van der Waals surface area contributed by atoms with E-state index in [1.165, 1.54) is 23.4 Å². The molecule has 1 aromatic carbocycles. The summed E-state index contributed by atoms with van der Waals surface area (Å²) in [6.07, 6.45) is 2.42. The summed E-state index contributed by atoms with van der Waals surface area (Å²) >= 11 is 1.20. The minimum absolute atomic E-state index is 0.506. The number of aryl methyl sites for hydroxylation is 1. The molecule has 15 heavy (non-hydrogen) atoms. The molecule has 0 radical (unpaired) electrons. The number of hydrogen-bond donors (Lipinski definition) is 1. The lowest BCUT2D eigenvalue weighted by atomic mass is 10.1. The summed E-state index contributed by atoms with van der Waals surface area (Å²) < 4.78 is 9.32. The van der Waals surface area contributed by atoms with Crippen LogP contribution >= 0.6 is 11.5 Å². The first-order chi connectivity index (χ1) is 7.29. The average Bonchev–Trinajstić information content (AvgIpc) is 2.74. The highest BCUT2D eigenvalue weighted by Gasteiger charge is 2.04. The van der Waals surface area contributed by atoms with Gasteiger partial charge in [0, 0.05) is 11.5 Å². The van der Waals surface area contributed by atoms with E-state index in [-0.39, 0.29) is 0 Å². The summed E-state index contributed by atoms with van der Waals surface area (Å²) in [7, 11) is 0. The lowest BCUT2D eigenvalue weighted by Crippen LogP contribution is -1.93. The topological polar surface area (TPSA) is 61.0 Å². The quantitative estimate of drug-likeness (QED) is 0.809. The van der Waals surface area contributed by atoms with Crippen molar-refractivity contribution in [3.8, 4) is 10.9 Å². The van der Waals surface area contributed by atoms with Crippen molar-refractivity contribution in [1.29, 1.82) is 0 Å². The van der Waals surface area contributed by atoms with Crippen LogP contribution in [0.25, 0.3) is 0 Å². The number of ether oxygens (including phenoxy) is 1. The number of nitrogens with two attached hydrogens (primary N) is 1. The normalized spacial score (nSPS) is 10.2. The number of nitrogen functional groups attached to an aromatic ring is 1. The molecule has 0 saturated heterocycles. The Morgan fingerprint density at radius 1 is 1.47 bits per heavy atom. The first-order valence-electron chi connectivity index (χ1n) is 4.62. The summed E-state index contributed by atoms with van der Waals surface area (Å²) in [6, 6.07) is 5.76. The van der Waals surface area contributed by atoms with Gasteiger partial charge in [0.25, 0.3) is 5.19 Å². The molecule has 1 aromatic heterocycles. The van der Waals surface area contributed by atoms with Crippen molar-refractivity contribution < 1.29 is 4.74 Å². The van der Waals surface area contributed by atoms with E-state index in [9.17, 15) is 0 Å². The van der Waals surface area contributed by atoms with Crippen LogP contribution in [0.1, 0.15) is 12.5 Å². The van der Waals surface area contributed by atoms with Crippen LogP contribution in [-0.4, -0.2) is 9.36 Å². The van der Waals surface area contributed by atoms with E-state index < -0.39 is 0 Å². The molecule has 2 N–H and O–H groups in total. The van der Waals surface area contributed by atoms with Crippen LogP contribution in [0.3, 0.4) is 0 Å². The van der Waals surface area contributed by atoms with Crippen LogP contribution in [-0.2, 0) is 6.42 Å². The lowest BCUT2D eigenvalue weighted by Gasteiger charge is -2.06. The van der Waals surface area contributed by atoms with Crippen LogP contribution in [0, 0.1) is 0 Å². The Hall–Kier alpha value is -1.62. The molecule has 4 nitrogen and oxygen atoms in total. The predicted molar refractivity (Wildman–Crippen MR) is 60.2 cm³/mol. The van der Waals surface area contributed by atoms with Crippen molar-refractivity contribution in [2.24, 2.45) is 0 Å². The Morgan fingerprint density at radius 3 is 2.93 bits per heavy atom. The summed E-state index contributed by atoms with van der Waals surface area (Å²) in [4.78, 5) is 3.92. The van der Waals surface area contributed by atoms with Gasteiger partial charge in [-0.2, -0.15) is 9.36 Å². The highest BCUT2D eigenvalue weighted by Crippen LogP contribution is 2.28. The maximum absolute atomic E-state index is 5.84. The molecule has 0 amide bonds. The molecule has 0 aliphatic carbocycles. The van der Waals surface area contributed by atoms with Gasteiger partial charge in [-0.05, 0) is 24.1 Å². The zero-order valence-electron chi connectivity index (χ0n) is 8.30. The van der Waals surface area contributed by atoms with E-state index in [2.05, 4.69) is 16.3 Å². The highest BCUT2D eigenvalue weighted by molar-refractivity contribution is 7.07. The summed E-state index contributed by atoms with van der Waals surface area (Å²) in [5, 5.41) is 0.506. The zero-order chi connectivity index (χ0) is 10.7. The molecule has 5 heteroatoms. The van der Waals surface area contributed by atoms with Crippen LogP contribution in [0.5, 0.6) is 10.9 Å². The third-order valence-electron chi connectivity index (χ3n) is 2.02. The average molecular weight is 221 g/mol. The van der Waals surface area contributed by atoms with Gasteiger partial charge in [0.05, 0.1) is 5.69 Å². The van der Waals surface area contributed by atoms with Gasteiger partial charge in [-0.3, -0.25) is 0 Å². The van der Waals surface area contributed by atoms with Gasteiger partial charge in [0.1, 0.15) is 6.33 Å². The molecule has 0 unspecified atom stereocenters. The number of benzene rings is 1. The molecule has 0 aliphatic heterocycles. The van der Waals surface area contributed by atoms with E-state index in [1.807, 2.05) is 18.2 Å². The van der Waals surface area contributed by atoms with Crippen LogP contribution in [0.2, 0.25) is 0 Å². The second-order valence-corrected chi connectivity index (χ2v) is 3.78. The van der Waals surface area contributed by atoms with Gasteiger partial charge in [-0.25, -0.2) is 0 Å². The van der Waals surface area contributed by atoms with Gasteiger partial charge in [-0.15, -0.1) is 0 Å². The number of rotatable bonds is 3. The Bertz CT molecular complexity index is 442. The molecule has 0 saturated carbocycles. The minimum atomic E-state index is 0.506. The Labute approximate surface area is 91.9 Å². The summed E-state index contributed by atoms with van der Waals surface area (Å²) in [6.45, 7) is 2.08. The largest absolute Gasteiger partial charge is 0.428 e. The van der Waals surface area contributed by atoms with E-state index in [1.54, 1.807) is 0 Å². The fourth-order valence-corrected chi connectivity index (χ4v) is 1.62. The molecular formula is C10H11N3OS. The third-order valence-corrected chi connectivity index (χ3v) is 2.57. The number of nitrogens with zero attached hydrogens (tertiary/aromatic N) is 2. The van der Waals surface area contributed by atoms with E-state index in [0.717, 1.165) is 6.42 Å². The standard InChI is InChI=1S/C10H11N3OS/c1-2-7-3-4-9(8(11)5-7)14-10-12-6-13-15-10/h3-6H,2,11H2,1H3. The number of anilines is 1. The smallest absolute Gasteiger partial charge is 0.298 e. The maximum Gasteiger partial charge on any atom is 0.298 e. The molecule has 0 atom stereocenters. The maximum atomic E-state index is 5.84. The van der Waals surface area contributed by atoms with Crippen molar-refractivity contribution in [2.45, 2.75) is 13.3 Å². The molecule has 2 aromatic rings. The highest BCUT2D eigenvalue weighted by atomic mass is 32.1. The Kier molecular flexibility index (Phi) is 2.82. The molecule has 2 rings (SSSR count). The van der Waals surface area contributed by atoms with Crippen LogP contribution in [0.4, 0.5) is 5.69 Å². The summed E-state index contributed by atoms with van der Waals surface area (Å²) in [5.74, 6) is 0.629. The molecular weight excluding hydrogens is 210 g/mol. The molecule has 0 spiro atoms. The van der Waals surface area contributed by atoms with E-state index in [4.69, 9.17) is 10.5 Å². The molecule has 0 aliphatic rings. The second kappa shape index (κ2) is 4.27. The van der Waals surface area contributed by atoms with Gasteiger partial charge < -0.3 is 10.5 Å². The van der Waals surface area contributed by atoms with Gasteiger partial charge in [0.2, 0.25) is 0 Å². The van der Waals surface area contributed by atoms with Crippen molar-refractivity contribution in [1.82, 2.24) is 9.36 Å². The number of hydrogen-bond acceptors (Lipinski definition) is 5. The lowest BCUT2D eigenvalue weighted by molar-refractivity contribution is 0.481. The molecule has 78 valence electrons. The third kappa shape index (κ3) is 2.24. The predicted octanol–water partition coefficient (Wildman–Crippen LogP) is 2.48. The fraction of sp³-hybridized carbons (Fsp3) is 0.200. The van der Waals surface area contributed by atoms with Crippen LogP contribution in [0.15, 0.2) is 24.5 Å². The van der Waals surface area contributed by atoms with E-state index >= 15 is 0 Å². The molecule has 1 heterocycles. The first-order valence-corrected chi connectivity index (χ1v) is 5.40. The summed E-state index contributed by atoms with van der Waals surface area (Å²) in [5.41, 5.74) is 7.67. The van der Waals surface area contributed by atoms with Crippen molar-refractivity contribution in [3.63, 3.8) is 0 Å². The van der Waals surface area contributed by atoms with Gasteiger partial charge in [0.15, 0.2) is 5.75 Å². The van der Waals surface area contributed by atoms with Crippen LogP contribution < -0.4 is 10.5 Å². The van der Waals surface area contributed by atoms with Gasteiger partial charge >= 0.3 is 0 Å². The monoisotopic (exact) mass is 221 g/mol. The van der Waals surface area contributed by atoms with Crippen molar-refractivity contribution >= 4 is 17.2 Å². The van der Waals surface area contributed by atoms with Gasteiger partial charge in [-0.1, -0.05) is 13.0 Å². The second-order valence-electron chi connectivity index (χ2n) is 3.03. The SMILES string of the molecule is CCc1ccc(Oc2ncns2)c(N)c1. The first kappa shape index (κ1) is 9.92. The number of aromatic nitrogens is 2. The molecule has 0 fully saturated rings.